The van der Waals surface area contributed by atoms with E-state index in [1.54, 1.807) is 6.08 Å². The Hall–Kier alpha value is -0.760. The van der Waals surface area contributed by atoms with Crippen molar-refractivity contribution >= 4 is 0 Å². The van der Waals surface area contributed by atoms with Gasteiger partial charge in [-0.05, 0) is 6.08 Å². The minimum atomic E-state index is 0.615. The fourth-order valence-corrected chi connectivity index (χ4v) is 0.337. The average molecular weight is 96.1 g/mol. The van der Waals surface area contributed by atoms with E-state index in [-0.39, 0.29) is 0 Å². The van der Waals surface area contributed by atoms with Gasteiger partial charge in [0.15, 0.2) is 0 Å². The molecule has 0 atom stereocenters. The third kappa shape index (κ3) is 1.41. The van der Waals surface area contributed by atoms with E-state index >= 15 is 0 Å². The second kappa shape index (κ2) is 2.42. The molecule has 0 aromatic heterocycles. The zero-order chi connectivity index (χ0) is 4.95. The van der Waals surface area contributed by atoms with Crippen LogP contribution in [0.5, 0.6) is 0 Å². The Kier molecular flexibility index (Phi) is 1.52. The van der Waals surface area contributed by atoms with Crippen LogP contribution < -0.4 is 5.48 Å². The number of allylic oxidation sites excluding steroid dienone is 2. The first kappa shape index (κ1) is 4.40. The van der Waals surface area contributed by atoms with Crippen LogP contribution >= 0.6 is 0 Å². The number of hydroxylamine groups is 1. The Morgan fingerprint density at radius 1 is 1.71 bits per heavy atom. The number of hydrogen-bond acceptors (Lipinski definition) is 2. The van der Waals surface area contributed by atoms with Crippen molar-refractivity contribution in [3.05, 3.63) is 24.4 Å². The summed E-state index contributed by atoms with van der Waals surface area (Å²) < 4.78 is 0. The van der Waals surface area contributed by atoms with Gasteiger partial charge in [-0.3, -0.25) is 10.3 Å². The molecule has 1 radical (unpaired) electrons. The Balaban J connectivity index is 2.39. The molecule has 0 aliphatic carbocycles. The van der Waals surface area contributed by atoms with Crippen LogP contribution in [0.25, 0.3) is 0 Å². The highest BCUT2D eigenvalue weighted by Crippen LogP contribution is 1.80. The third-order valence-electron chi connectivity index (χ3n) is 0.626. The molecule has 1 heterocycles. The molecule has 37 valence electrons. The minimum Gasteiger partial charge on any atom is -0.272 e. The summed E-state index contributed by atoms with van der Waals surface area (Å²) >= 11 is 0. The van der Waals surface area contributed by atoms with Gasteiger partial charge >= 0.3 is 0 Å². The van der Waals surface area contributed by atoms with Gasteiger partial charge in [-0.2, -0.15) is 0 Å². The molecule has 2 nitrogen and oxygen atoms in total. The van der Waals surface area contributed by atoms with Crippen LogP contribution in [0.15, 0.2) is 18.2 Å². The Labute approximate surface area is 42.4 Å². The molecule has 0 unspecified atom stereocenters. The van der Waals surface area contributed by atoms with Crippen LogP contribution in [-0.2, 0) is 4.84 Å². The maximum Gasteiger partial charge on any atom is 0.0930 e. The molecule has 0 aromatic rings. The number of hydrogen-bond donors (Lipinski definition) is 1. The summed E-state index contributed by atoms with van der Waals surface area (Å²) in [5.74, 6) is 0. The van der Waals surface area contributed by atoms with Crippen molar-refractivity contribution in [2.45, 2.75) is 0 Å². The zero-order valence-electron chi connectivity index (χ0n) is 3.85. The monoisotopic (exact) mass is 96.0 g/mol. The summed E-state index contributed by atoms with van der Waals surface area (Å²) in [6, 6.07) is 0. The first-order chi connectivity index (χ1) is 3.50. The Morgan fingerprint density at radius 2 is 2.71 bits per heavy atom. The SMILES string of the molecule is [C]1=CC=CCON1. The van der Waals surface area contributed by atoms with E-state index in [2.05, 4.69) is 11.7 Å². The molecule has 1 N–H and O–H groups in total. The molecule has 0 amide bonds. The number of rotatable bonds is 0. The van der Waals surface area contributed by atoms with Crippen molar-refractivity contribution in [2.75, 3.05) is 6.61 Å². The van der Waals surface area contributed by atoms with E-state index < -0.39 is 0 Å². The quantitative estimate of drug-likeness (QED) is 0.471. The van der Waals surface area contributed by atoms with Crippen molar-refractivity contribution in [3.63, 3.8) is 0 Å². The highest BCUT2D eigenvalue weighted by Gasteiger charge is 1.78. The molecule has 0 saturated carbocycles. The lowest BCUT2D eigenvalue weighted by molar-refractivity contribution is 0.0913. The van der Waals surface area contributed by atoms with Gasteiger partial charge in [-0.1, -0.05) is 12.2 Å². The molecule has 1 aliphatic rings. The van der Waals surface area contributed by atoms with E-state index in [1.807, 2.05) is 12.2 Å². The summed E-state index contributed by atoms with van der Waals surface area (Å²) in [4.78, 5) is 4.72. The summed E-state index contributed by atoms with van der Waals surface area (Å²) in [5, 5.41) is 0. The average Bonchev–Trinajstić information content (AvgIpc) is 1.90. The fraction of sp³-hybridized carbons (Fsp3) is 0.200. The predicted octanol–water partition coefficient (Wildman–Crippen LogP) is 0.394. The Bertz CT molecular complexity index is 84.3. The Morgan fingerprint density at radius 3 is 3.71 bits per heavy atom. The minimum absolute atomic E-state index is 0.615. The van der Waals surface area contributed by atoms with E-state index in [9.17, 15) is 0 Å². The van der Waals surface area contributed by atoms with Gasteiger partial charge in [-0.15, -0.1) is 0 Å². The lowest BCUT2D eigenvalue weighted by atomic mass is 10.5. The molecule has 7 heavy (non-hydrogen) atoms. The van der Waals surface area contributed by atoms with Crippen molar-refractivity contribution in [1.29, 1.82) is 0 Å². The highest BCUT2D eigenvalue weighted by atomic mass is 16.6. The van der Waals surface area contributed by atoms with Gasteiger partial charge in [0.2, 0.25) is 0 Å². The lowest BCUT2D eigenvalue weighted by Gasteiger charge is -1.90. The van der Waals surface area contributed by atoms with Crippen LogP contribution in [0.2, 0.25) is 0 Å². The van der Waals surface area contributed by atoms with Gasteiger partial charge in [0.25, 0.3) is 0 Å². The predicted molar refractivity (Wildman–Crippen MR) is 26.0 cm³/mol. The van der Waals surface area contributed by atoms with Gasteiger partial charge in [0.05, 0.1) is 12.8 Å². The molecule has 0 saturated heterocycles. The molecule has 2 heteroatoms. The number of nitrogens with one attached hydrogen (secondary N) is 1. The van der Waals surface area contributed by atoms with Crippen LogP contribution in [-0.4, -0.2) is 6.61 Å². The van der Waals surface area contributed by atoms with E-state index in [1.165, 1.54) is 0 Å². The summed E-state index contributed by atoms with van der Waals surface area (Å²) in [6.07, 6.45) is 8.19. The van der Waals surface area contributed by atoms with Crippen LogP contribution in [0, 0.1) is 6.20 Å². The van der Waals surface area contributed by atoms with E-state index in [4.69, 9.17) is 4.84 Å². The second-order valence-electron chi connectivity index (χ2n) is 1.15. The molecule has 0 fully saturated rings. The van der Waals surface area contributed by atoms with Gasteiger partial charge in [0, 0.05) is 0 Å². The van der Waals surface area contributed by atoms with Gasteiger partial charge in [-0.25, -0.2) is 0 Å². The summed E-state index contributed by atoms with van der Waals surface area (Å²) in [6.45, 7) is 0.615. The molecule has 1 aliphatic heterocycles. The van der Waals surface area contributed by atoms with Crippen molar-refractivity contribution in [3.8, 4) is 0 Å². The second-order valence-corrected chi connectivity index (χ2v) is 1.15. The standard InChI is InChI=1S/C5H6NO/c1-2-4-6-7-5-3-1/h1-3,6H,5H2. The van der Waals surface area contributed by atoms with Crippen molar-refractivity contribution in [1.82, 2.24) is 5.48 Å². The molecular formula is C5H6NO. The molecule has 0 bridgehead atoms. The summed E-state index contributed by atoms with van der Waals surface area (Å²) in [5.41, 5.74) is 2.48. The van der Waals surface area contributed by atoms with Crippen molar-refractivity contribution in [2.24, 2.45) is 0 Å². The topological polar surface area (TPSA) is 21.3 Å². The van der Waals surface area contributed by atoms with Crippen LogP contribution in [0.1, 0.15) is 0 Å². The first-order valence-electron chi connectivity index (χ1n) is 2.11. The largest absolute Gasteiger partial charge is 0.272 e. The van der Waals surface area contributed by atoms with E-state index in [0.29, 0.717) is 6.61 Å². The molecular weight excluding hydrogens is 90.1 g/mol. The molecule has 0 spiro atoms. The maximum atomic E-state index is 4.72. The normalized spacial score (nSPS) is 18.3. The van der Waals surface area contributed by atoms with Gasteiger partial charge in [0.1, 0.15) is 0 Å². The molecule has 0 aromatic carbocycles. The zero-order valence-corrected chi connectivity index (χ0v) is 3.85. The van der Waals surface area contributed by atoms with Crippen LogP contribution in [0.3, 0.4) is 0 Å². The summed E-state index contributed by atoms with van der Waals surface area (Å²) in [7, 11) is 0. The van der Waals surface area contributed by atoms with E-state index in [0.717, 1.165) is 0 Å². The van der Waals surface area contributed by atoms with Crippen LogP contribution in [0.4, 0.5) is 0 Å². The molecule has 1 rings (SSSR count). The first-order valence-corrected chi connectivity index (χ1v) is 2.11. The lowest BCUT2D eigenvalue weighted by Crippen LogP contribution is -2.04. The van der Waals surface area contributed by atoms with Crippen molar-refractivity contribution < 1.29 is 4.84 Å². The smallest absolute Gasteiger partial charge is 0.0930 e. The highest BCUT2D eigenvalue weighted by molar-refractivity contribution is 4.99. The van der Waals surface area contributed by atoms with Gasteiger partial charge < -0.3 is 0 Å². The third-order valence-corrected chi connectivity index (χ3v) is 0.626. The maximum absolute atomic E-state index is 4.72. The fourth-order valence-electron chi connectivity index (χ4n) is 0.337.